The summed E-state index contributed by atoms with van der Waals surface area (Å²) in [4.78, 5) is 29.3. The van der Waals surface area contributed by atoms with Crippen molar-refractivity contribution in [2.45, 2.75) is 26.3 Å². The third-order valence-electron chi connectivity index (χ3n) is 3.95. The van der Waals surface area contributed by atoms with Crippen LogP contribution >= 0.6 is 0 Å². The van der Waals surface area contributed by atoms with Gasteiger partial charge in [0.15, 0.2) is 11.7 Å². The maximum Gasteiger partial charge on any atom is 0.308 e. The number of primary amides is 1. The first-order valence-electron chi connectivity index (χ1n) is 8.04. The molecule has 0 aromatic carbocycles. The quantitative estimate of drug-likeness (QED) is 0.466. The number of methoxy groups -OCH3 is 1. The number of aliphatic imine (C=N–C) groups is 1. The van der Waals surface area contributed by atoms with Crippen LogP contribution < -0.4 is 11.1 Å². The third-order valence-corrected chi connectivity index (χ3v) is 3.95. The van der Waals surface area contributed by atoms with E-state index >= 15 is 0 Å². The van der Waals surface area contributed by atoms with E-state index in [4.69, 9.17) is 14.9 Å². The van der Waals surface area contributed by atoms with Crippen molar-refractivity contribution in [1.29, 1.82) is 0 Å². The largest absolute Gasteiger partial charge is 0.469 e. The van der Waals surface area contributed by atoms with Crippen molar-refractivity contribution in [2.75, 3.05) is 26.7 Å². The number of likely N-dealkylation sites (tertiary alicyclic amines) is 1. The second-order valence-electron chi connectivity index (χ2n) is 5.58. The molecule has 2 rings (SSSR count). The molecule has 1 aromatic heterocycles. The first kappa shape index (κ1) is 17.8. The smallest absolute Gasteiger partial charge is 0.308 e. The minimum Gasteiger partial charge on any atom is -0.469 e. The molecule has 0 radical (unpaired) electrons. The fourth-order valence-electron chi connectivity index (χ4n) is 2.67. The van der Waals surface area contributed by atoms with Crippen LogP contribution in [0.2, 0.25) is 0 Å². The lowest BCUT2D eigenvalue weighted by atomic mass is 9.97. The highest BCUT2D eigenvalue weighted by molar-refractivity contribution is 5.89. The van der Waals surface area contributed by atoms with Crippen molar-refractivity contribution in [3.8, 4) is 0 Å². The molecule has 1 fully saturated rings. The summed E-state index contributed by atoms with van der Waals surface area (Å²) in [5.74, 6) is 0.677. The van der Waals surface area contributed by atoms with E-state index in [1.54, 1.807) is 12.1 Å². The number of carbonyl (C=O) groups is 2. The van der Waals surface area contributed by atoms with E-state index in [9.17, 15) is 9.59 Å². The lowest BCUT2D eigenvalue weighted by molar-refractivity contribution is -0.146. The molecule has 132 valence electrons. The van der Waals surface area contributed by atoms with Gasteiger partial charge in [-0.2, -0.15) is 0 Å². The number of carbonyl (C=O) groups excluding carboxylic acids is 2. The lowest BCUT2D eigenvalue weighted by Crippen LogP contribution is -2.46. The summed E-state index contributed by atoms with van der Waals surface area (Å²) in [6.07, 6.45) is 1.48. The maximum atomic E-state index is 11.6. The second kappa shape index (κ2) is 8.37. The van der Waals surface area contributed by atoms with Gasteiger partial charge < -0.3 is 25.1 Å². The van der Waals surface area contributed by atoms with E-state index in [2.05, 4.69) is 15.2 Å². The molecule has 1 saturated heterocycles. The number of rotatable bonds is 5. The zero-order chi connectivity index (χ0) is 17.5. The Morgan fingerprint density at radius 2 is 2.12 bits per heavy atom. The molecule has 24 heavy (non-hydrogen) atoms. The molecule has 1 aromatic rings. The fourth-order valence-corrected chi connectivity index (χ4v) is 2.67. The summed E-state index contributed by atoms with van der Waals surface area (Å²) in [6.45, 7) is 4.51. The van der Waals surface area contributed by atoms with Crippen LogP contribution in [0.15, 0.2) is 21.5 Å². The molecule has 3 N–H and O–H groups in total. The summed E-state index contributed by atoms with van der Waals surface area (Å²) in [6, 6.07) is 3.23. The first-order valence-corrected chi connectivity index (χ1v) is 8.04. The number of amides is 1. The van der Waals surface area contributed by atoms with E-state index in [-0.39, 0.29) is 17.6 Å². The Bertz CT molecular complexity index is 603. The minimum atomic E-state index is -0.595. The Balaban J connectivity index is 1.98. The Kier molecular flexibility index (Phi) is 6.22. The van der Waals surface area contributed by atoms with Crippen LogP contribution in [0.25, 0.3) is 0 Å². The Morgan fingerprint density at radius 1 is 1.42 bits per heavy atom. The molecule has 8 nitrogen and oxygen atoms in total. The van der Waals surface area contributed by atoms with Gasteiger partial charge in [-0.3, -0.25) is 9.59 Å². The van der Waals surface area contributed by atoms with Gasteiger partial charge in [0.05, 0.1) is 13.0 Å². The summed E-state index contributed by atoms with van der Waals surface area (Å²) in [5.41, 5.74) is 5.17. The van der Waals surface area contributed by atoms with E-state index in [1.807, 2.05) is 6.92 Å². The highest BCUT2D eigenvalue weighted by Gasteiger charge is 2.27. The summed E-state index contributed by atoms with van der Waals surface area (Å²) >= 11 is 0. The number of ether oxygens (including phenoxy) is 1. The van der Waals surface area contributed by atoms with Gasteiger partial charge in [-0.15, -0.1) is 0 Å². The zero-order valence-electron chi connectivity index (χ0n) is 14.1. The zero-order valence-corrected chi connectivity index (χ0v) is 14.1. The molecule has 1 aliphatic rings. The van der Waals surface area contributed by atoms with Crippen molar-refractivity contribution in [2.24, 2.45) is 16.6 Å². The Morgan fingerprint density at radius 3 is 2.67 bits per heavy atom. The van der Waals surface area contributed by atoms with Gasteiger partial charge in [-0.1, -0.05) is 0 Å². The van der Waals surface area contributed by atoms with Crippen LogP contribution in [0.1, 0.15) is 36.1 Å². The van der Waals surface area contributed by atoms with Crippen molar-refractivity contribution < 1.29 is 18.7 Å². The van der Waals surface area contributed by atoms with E-state index in [0.29, 0.717) is 12.3 Å². The summed E-state index contributed by atoms with van der Waals surface area (Å²) < 4.78 is 10.1. The van der Waals surface area contributed by atoms with Crippen molar-refractivity contribution in [3.63, 3.8) is 0 Å². The molecular weight excluding hydrogens is 312 g/mol. The number of nitrogens with one attached hydrogen (secondary N) is 1. The molecule has 2 heterocycles. The van der Waals surface area contributed by atoms with Crippen molar-refractivity contribution >= 4 is 17.8 Å². The molecule has 0 spiro atoms. The predicted molar refractivity (Wildman–Crippen MR) is 88.4 cm³/mol. The van der Waals surface area contributed by atoms with Gasteiger partial charge in [-0.05, 0) is 31.9 Å². The van der Waals surface area contributed by atoms with Crippen molar-refractivity contribution in [3.05, 3.63) is 23.7 Å². The molecule has 0 atom stereocenters. The number of furan rings is 1. The molecule has 0 unspecified atom stereocenters. The molecule has 8 heteroatoms. The third kappa shape index (κ3) is 4.50. The average Bonchev–Trinajstić information content (AvgIpc) is 3.07. The topological polar surface area (TPSA) is 110 Å². The van der Waals surface area contributed by atoms with Gasteiger partial charge in [0.25, 0.3) is 5.91 Å². The van der Waals surface area contributed by atoms with Crippen LogP contribution in [-0.2, 0) is 16.1 Å². The number of esters is 1. The molecular formula is C16H24N4O4. The van der Waals surface area contributed by atoms with Crippen LogP contribution in [0.4, 0.5) is 0 Å². The predicted octanol–water partition coefficient (Wildman–Crippen LogP) is 0.729. The van der Waals surface area contributed by atoms with Crippen LogP contribution in [0, 0.1) is 5.92 Å². The molecule has 1 aliphatic heterocycles. The Labute approximate surface area is 141 Å². The monoisotopic (exact) mass is 336 g/mol. The number of hydrogen-bond acceptors (Lipinski definition) is 5. The standard InChI is InChI=1S/C16H24N4O4/c1-3-18-16(19-10-12-4-5-13(24-12)14(17)21)20-8-6-11(7-9-20)15(22)23-2/h4-5,11H,3,6-10H2,1-2H3,(H2,17,21)(H,18,19). The van der Waals surface area contributed by atoms with Crippen LogP contribution in [-0.4, -0.2) is 49.5 Å². The molecule has 0 aliphatic carbocycles. The van der Waals surface area contributed by atoms with Crippen molar-refractivity contribution in [1.82, 2.24) is 10.2 Å². The van der Waals surface area contributed by atoms with E-state index < -0.39 is 5.91 Å². The number of nitrogens with two attached hydrogens (primary N) is 1. The fraction of sp³-hybridized carbons (Fsp3) is 0.562. The van der Waals surface area contributed by atoms with Gasteiger partial charge >= 0.3 is 5.97 Å². The summed E-state index contributed by atoms with van der Waals surface area (Å²) in [5, 5.41) is 3.24. The highest BCUT2D eigenvalue weighted by Crippen LogP contribution is 2.18. The number of guanidine groups is 1. The van der Waals surface area contributed by atoms with Gasteiger partial charge in [0.1, 0.15) is 12.3 Å². The lowest BCUT2D eigenvalue weighted by Gasteiger charge is -2.33. The number of piperidine rings is 1. The molecule has 1 amide bonds. The normalized spacial score (nSPS) is 16.1. The van der Waals surface area contributed by atoms with E-state index in [1.165, 1.54) is 7.11 Å². The molecule has 0 bridgehead atoms. The summed E-state index contributed by atoms with van der Waals surface area (Å²) in [7, 11) is 1.42. The minimum absolute atomic E-state index is 0.0441. The van der Waals surface area contributed by atoms with Crippen LogP contribution in [0.5, 0.6) is 0 Å². The average molecular weight is 336 g/mol. The second-order valence-corrected chi connectivity index (χ2v) is 5.58. The first-order chi connectivity index (χ1) is 11.5. The highest BCUT2D eigenvalue weighted by atomic mass is 16.5. The van der Waals surface area contributed by atoms with Gasteiger partial charge in [-0.25, -0.2) is 4.99 Å². The van der Waals surface area contributed by atoms with E-state index in [0.717, 1.165) is 38.4 Å². The van der Waals surface area contributed by atoms with Gasteiger partial charge in [0.2, 0.25) is 0 Å². The molecule has 0 saturated carbocycles. The van der Waals surface area contributed by atoms with Crippen LogP contribution in [0.3, 0.4) is 0 Å². The SMILES string of the molecule is CCNC(=NCc1ccc(C(N)=O)o1)N1CCC(C(=O)OC)CC1. The Hall–Kier alpha value is -2.51. The number of nitrogens with zero attached hydrogens (tertiary/aromatic N) is 2. The maximum absolute atomic E-state index is 11.6. The van der Waals surface area contributed by atoms with Gasteiger partial charge in [0, 0.05) is 19.6 Å². The number of hydrogen-bond donors (Lipinski definition) is 2.